The van der Waals surface area contributed by atoms with Crippen LogP contribution in [0.4, 0.5) is 8.78 Å². The lowest BCUT2D eigenvalue weighted by atomic mass is 10.2. The number of halogens is 2. The summed E-state index contributed by atoms with van der Waals surface area (Å²) in [5, 5.41) is 10.9. The summed E-state index contributed by atoms with van der Waals surface area (Å²) >= 11 is 1.30. The Kier molecular flexibility index (Phi) is 4.06. The van der Waals surface area contributed by atoms with Gasteiger partial charge >= 0.3 is 12.6 Å². The van der Waals surface area contributed by atoms with Gasteiger partial charge in [-0.3, -0.25) is 4.79 Å². The van der Waals surface area contributed by atoms with Crippen LogP contribution in [0.1, 0.15) is 5.69 Å². The normalized spacial score (nSPS) is 10.7. The highest BCUT2D eigenvalue weighted by Gasteiger charge is 2.09. The summed E-state index contributed by atoms with van der Waals surface area (Å²) < 4.78 is 28.2. The fourth-order valence-corrected chi connectivity index (χ4v) is 2.28. The quantitative estimate of drug-likeness (QED) is 0.917. The van der Waals surface area contributed by atoms with Crippen LogP contribution in [0.15, 0.2) is 29.6 Å². The van der Waals surface area contributed by atoms with Gasteiger partial charge in [0.1, 0.15) is 10.8 Å². The number of aromatic nitrogens is 1. The molecule has 1 heterocycles. The van der Waals surface area contributed by atoms with Crippen molar-refractivity contribution in [3.63, 3.8) is 0 Å². The second-order valence-corrected chi connectivity index (χ2v) is 4.48. The minimum Gasteiger partial charge on any atom is -0.481 e. The molecule has 0 saturated heterocycles. The van der Waals surface area contributed by atoms with E-state index in [2.05, 4.69) is 9.72 Å². The lowest BCUT2D eigenvalue weighted by Gasteiger charge is -2.04. The average molecular weight is 285 g/mol. The van der Waals surface area contributed by atoms with Gasteiger partial charge in [0.05, 0.1) is 12.1 Å². The van der Waals surface area contributed by atoms with Crippen molar-refractivity contribution >= 4 is 17.3 Å². The Labute approximate surface area is 111 Å². The minimum absolute atomic E-state index is 0.0704. The van der Waals surface area contributed by atoms with Crippen LogP contribution in [0.2, 0.25) is 0 Å². The zero-order valence-electron chi connectivity index (χ0n) is 9.55. The first kappa shape index (κ1) is 13.4. The number of aliphatic carboxylic acids is 1. The van der Waals surface area contributed by atoms with E-state index in [1.165, 1.54) is 23.5 Å². The van der Waals surface area contributed by atoms with E-state index in [-0.39, 0.29) is 12.2 Å². The Morgan fingerprint density at radius 3 is 2.63 bits per heavy atom. The van der Waals surface area contributed by atoms with Crippen LogP contribution in [0.5, 0.6) is 5.75 Å². The van der Waals surface area contributed by atoms with Gasteiger partial charge in [0.15, 0.2) is 0 Å². The molecule has 0 aliphatic carbocycles. The first-order valence-electron chi connectivity index (χ1n) is 5.26. The van der Waals surface area contributed by atoms with E-state index in [9.17, 15) is 13.6 Å². The number of alkyl halides is 2. The van der Waals surface area contributed by atoms with E-state index in [4.69, 9.17) is 5.11 Å². The highest BCUT2D eigenvalue weighted by atomic mass is 32.1. The molecule has 2 rings (SSSR count). The van der Waals surface area contributed by atoms with Gasteiger partial charge < -0.3 is 9.84 Å². The molecule has 0 fully saturated rings. The van der Waals surface area contributed by atoms with Gasteiger partial charge in [-0.15, -0.1) is 11.3 Å². The molecule has 0 amide bonds. The van der Waals surface area contributed by atoms with Gasteiger partial charge in [-0.1, -0.05) is 0 Å². The van der Waals surface area contributed by atoms with Crippen molar-refractivity contribution in [3.8, 4) is 16.3 Å². The van der Waals surface area contributed by atoms with Crippen molar-refractivity contribution in [2.24, 2.45) is 0 Å². The molecular formula is C12H9F2NO3S. The highest BCUT2D eigenvalue weighted by Crippen LogP contribution is 2.26. The summed E-state index contributed by atoms with van der Waals surface area (Å²) in [5.41, 5.74) is 1.20. The van der Waals surface area contributed by atoms with Crippen LogP contribution in [-0.2, 0) is 11.2 Å². The molecule has 0 bridgehead atoms. The fraction of sp³-hybridized carbons (Fsp3) is 0.167. The number of hydrogen-bond donors (Lipinski definition) is 1. The van der Waals surface area contributed by atoms with Crippen molar-refractivity contribution < 1.29 is 23.4 Å². The second kappa shape index (κ2) is 5.75. The van der Waals surface area contributed by atoms with Gasteiger partial charge in [-0.2, -0.15) is 8.78 Å². The Hall–Kier alpha value is -2.02. The topological polar surface area (TPSA) is 59.4 Å². The molecule has 0 aliphatic heterocycles. The smallest absolute Gasteiger partial charge is 0.387 e. The van der Waals surface area contributed by atoms with Crippen molar-refractivity contribution in [1.82, 2.24) is 4.98 Å². The molecule has 19 heavy (non-hydrogen) atoms. The van der Waals surface area contributed by atoms with E-state index >= 15 is 0 Å². The number of thiazole rings is 1. The number of rotatable bonds is 5. The Balaban J connectivity index is 2.13. The van der Waals surface area contributed by atoms with Crippen molar-refractivity contribution in [2.75, 3.05) is 0 Å². The summed E-state index contributed by atoms with van der Waals surface area (Å²) in [6.07, 6.45) is -0.136. The van der Waals surface area contributed by atoms with Gasteiger partial charge in [0.25, 0.3) is 0 Å². The molecular weight excluding hydrogens is 276 g/mol. The standard InChI is InChI=1S/C12H9F2NO3S/c13-12(14)18-9-3-1-7(2-4-9)11-15-8(6-19-11)5-10(16)17/h1-4,6,12H,5H2,(H,16,17). The summed E-state index contributed by atoms with van der Waals surface area (Å²) in [7, 11) is 0. The van der Waals surface area contributed by atoms with Crippen LogP contribution < -0.4 is 4.74 Å². The van der Waals surface area contributed by atoms with Crippen molar-refractivity contribution in [3.05, 3.63) is 35.3 Å². The van der Waals surface area contributed by atoms with E-state index in [1.54, 1.807) is 17.5 Å². The Morgan fingerprint density at radius 1 is 1.37 bits per heavy atom. The molecule has 0 saturated carbocycles. The maximum atomic E-state index is 12.0. The SMILES string of the molecule is O=C(O)Cc1csc(-c2ccc(OC(F)F)cc2)n1. The molecule has 4 nitrogen and oxygen atoms in total. The van der Waals surface area contributed by atoms with E-state index < -0.39 is 12.6 Å². The Morgan fingerprint density at radius 2 is 2.05 bits per heavy atom. The van der Waals surface area contributed by atoms with Gasteiger partial charge in [0.2, 0.25) is 0 Å². The maximum absolute atomic E-state index is 12.0. The van der Waals surface area contributed by atoms with Gasteiger partial charge in [-0.05, 0) is 24.3 Å². The van der Waals surface area contributed by atoms with Crippen molar-refractivity contribution in [1.29, 1.82) is 0 Å². The number of ether oxygens (including phenoxy) is 1. The highest BCUT2D eigenvalue weighted by molar-refractivity contribution is 7.13. The second-order valence-electron chi connectivity index (χ2n) is 3.62. The molecule has 1 N–H and O–H groups in total. The largest absolute Gasteiger partial charge is 0.481 e. The van der Waals surface area contributed by atoms with Crippen LogP contribution in [0.25, 0.3) is 10.6 Å². The third-order valence-electron chi connectivity index (χ3n) is 2.21. The molecule has 2 aromatic rings. The van der Waals surface area contributed by atoms with E-state index in [0.29, 0.717) is 10.7 Å². The molecule has 100 valence electrons. The summed E-state index contributed by atoms with van der Waals surface area (Å²) in [6.45, 7) is -2.85. The molecule has 0 atom stereocenters. The third-order valence-corrected chi connectivity index (χ3v) is 3.15. The fourth-order valence-electron chi connectivity index (χ4n) is 1.45. The molecule has 0 radical (unpaired) electrons. The predicted molar refractivity (Wildman–Crippen MR) is 65.5 cm³/mol. The van der Waals surface area contributed by atoms with Crippen LogP contribution >= 0.6 is 11.3 Å². The third kappa shape index (κ3) is 3.72. The lowest BCUT2D eigenvalue weighted by molar-refractivity contribution is -0.136. The van der Waals surface area contributed by atoms with Crippen LogP contribution in [-0.4, -0.2) is 22.7 Å². The number of carboxylic acids is 1. The first-order chi connectivity index (χ1) is 9.04. The maximum Gasteiger partial charge on any atom is 0.387 e. The summed E-state index contributed by atoms with van der Waals surface area (Å²) in [4.78, 5) is 14.7. The van der Waals surface area contributed by atoms with Gasteiger partial charge in [-0.25, -0.2) is 4.98 Å². The van der Waals surface area contributed by atoms with E-state index in [0.717, 1.165) is 5.56 Å². The average Bonchev–Trinajstić information content (AvgIpc) is 2.76. The lowest BCUT2D eigenvalue weighted by Crippen LogP contribution is -2.01. The zero-order chi connectivity index (χ0) is 13.8. The summed E-state index contributed by atoms with van der Waals surface area (Å²) in [5.74, 6) is -0.876. The van der Waals surface area contributed by atoms with E-state index in [1.807, 2.05) is 0 Å². The number of nitrogens with zero attached hydrogens (tertiary/aromatic N) is 1. The number of carbonyl (C=O) groups is 1. The monoisotopic (exact) mass is 285 g/mol. The minimum atomic E-state index is -2.85. The number of benzene rings is 1. The van der Waals surface area contributed by atoms with Crippen LogP contribution in [0, 0.1) is 0 Å². The Bertz CT molecular complexity index is 569. The number of carboxylic acid groups (broad SMARTS) is 1. The first-order valence-corrected chi connectivity index (χ1v) is 6.14. The molecule has 1 aromatic carbocycles. The molecule has 1 aromatic heterocycles. The molecule has 0 spiro atoms. The molecule has 7 heteroatoms. The predicted octanol–water partition coefficient (Wildman–Crippen LogP) is 3.04. The zero-order valence-corrected chi connectivity index (χ0v) is 10.4. The molecule has 0 aliphatic rings. The summed E-state index contributed by atoms with van der Waals surface area (Å²) in [6, 6.07) is 6.03. The van der Waals surface area contributed by atoms with Crippen LogP contribution in [0.3, 0.4) is 0 Å². The van der Waals surface area contributed by atoms with Crippen molar-refractivity contribution in [2.45, 2.75) is 13.0 Å². The van der Waals surface area contributed by atoms with Gasteiger partial charge in [0, 0.05) is 10.9 Å². The molecule has 0 unspecified atom stereocenters. The number of hydrogen-bond acceptors (Lipinski definition) is 4.